The van der Waals surface area contributed by atoms with Crippen molar-refractivity contribution >= 4 is 5.91 Å². The summed E-state index contributed by atoms with van der Waals surface area (Å²) in [5, 5.41) is 0. The van der Waals surface area contributed by atoms with Crippen molar-refractivity contribution in [2.24, 2.45) is 17.6 Å². The summed E-state index contributed by atoms with van der Waals surface area (Å²) in [7, 11) is 0. The minimum atomic E-state index is 0.271. The Morgan fingerprint density at radius 1 is 1.33 bits per heavy atom. The average molecular weight is 212 g/mol. The lowest BCUT2D eigenvalue weighted by Crippen LogP contribution is -2.40. The Morgan fingerprint density at radius 3 is 2.40 bits per heavy atom. The van der Waals surface area contributed by atoms with E-state index in [9.17, 15) is 4.79 Å². The molecule has 1 saturated carbocycles. The number of carbonyl (C=O) groups excluding carboxylic acids is 1. The topological polar surface area (TPSA) is 46.3 Å². The Balaban J connectivity index is 2.44. The third-order valence-corrected chi connectivity index (χ3v) is 3.46. The van der Waals surface area contributed by atoms with Crippen molar-refractivity contribution in [1.29, 1.82) is 0 Å². The largest absolute Gasteiger partial charge is 0.341 e. The van der Waals surface area contributed by atoms with Crippen LogP contribution in [0.25, 0.3) is 0 Å². The Hall–Kier alpha value is -0.570. The minimum absolute atomic E-state index is 0.271. The van der Waals surface area contributed by atoms with Crippen LogP contribution in [0.2, 0.25) is 0 Å². The first-order chi connectivity index (χ1) is 7.19. The maximum absolute atomic E-state index is 12.1. The fourth-order valence-electron chi connectivity index (χ4n) is 2.35. The molecule has 1 aliphatic rings. The van der Waals surface area contributed by atoms with E-state index in [0.29, 0.717) is 19.0 Å². The van der Waals surface area contributed by atoms with Gasteiger partial charge in [-0.25, -0.2) is 0 Å². The van der Waals surface area contributed by atoms with Crippen molar-refractivity contribution in [3.63, 3.8) is 0 Å². The third-order valence-electron chi connectivity index (χ3n) is 3.46. The van der Waals surface area contributed by atoms with Crippen molar-refractivity contribution in [3.8, 4) is 0 Å². The van der Waals surface area contributed by atoms with Gasteiger partial charge in [-0.2, -0.15) is 0 Å². The van der Waals surface area contributed by atoms with Gasteiger partial charge in [0.2, 0.25) is 5.91 Å². The van der Waals surface area contributed by atoms with E-state index in [-0.39, 0.29) is 5.92 Å². The van der Waals surface area contributed by atoms with Crippen LogP contribution in [0, 0.1) is 11.8 Å². The van der Waals surface area contributed by atoms with Crippen molar-refractivity contribution in [2.45, 2.75) is 39.5 Å². The normalized spacial score (nSPS) is 26.3. The predicted octanol–water partition coefficient (Wildman–Crippen LogP) is 1.62. The molecule has 0 aromatic carbocycles. The van der Waals surface area contributed by atoms with Crippen molar-refractivity contribution < 1.29 is 4.79 Å². The standard InChI is InChI=1S/C12H24N2O/c1-3-14(9-8-13)12(15)11-6-4-10(2)5-7-11/h10-11H,3-9,13H2,1-2H3. The van der Waals surface area contributed by atoms with Gasteiger partial charge >= 0.3 is 0 Å². The van der Waals surface area contributed by atoms with E-state index in [1.807, 2.05) is 11.8 Å². The Bertz CT molecular complexity index is 198. The first kappa shape index (κ1) is 12.5. The first-order valence-electron chi connectivity index (χ1n) is 6.17. The molecule has 2 N–H and O–H groups in total. The van der Waals surface area contributed by atoms with Crippen LogP contribution in [0.4, 0.5) is 0 Å². The highest BCUT2D eigenvalue weighted by Crippen LogP contribution is 2.29. The second kappa shape index (κ2) is 6.11. The summed E-state index contributed by atoms with van der Waals surface area (Å²) in [6.45, 7) is 6.38. The molecule has 15 heavy (non-hydrogen) atoms. The SMILES string of the molecule is CCN(CCN)C(=O)C1CCC(C)CC1. The molecule has 0 atom stereocenters. The zero-order chi connectivity index (χ0) is 11.3. The summed E-state index contributed by atoms with van der Waals surface area (Å²) < 4.78 is 0. The minimum Gasteiger partial charge on any atom is -0.341 e. The van der Waals surface area contributed by atoms with Gasteiger partial charge in [0.05, 0.1) is 0 Å². The number of hydrogen-bond acceptors (Lipinski definition) is 2. The fraction of sp³-hybridized carbons (Fsp3) is 0.917. The van der Waals surface area contributed by atoms with Gasteiger partial charge in [-0.05, 0) is 38.5 Å². The van der Waals surface area contributed by atoms with Crippen LogP contribution in [0.15, 0.2) is 0 Å². The molecule has 1 rings (SSSR count). The van der Waals surface area contributed by atoms with Gasteiger partial charge in [0.25, 0.3) is 0 Å². The van der Waals surface area contributed by atoms with E-state index in [1.165, 1.54) is 12.8 Å². The van der Waals surface area contributed by atoms with Gasteiger partial charge in [-0.15, -0.1) is 0 Å². The molecule has 0 radical (unpaired) electrons. The van der Waals surface area contributed by atoms with Crippen LogP contribution in [0.3, 0.4) is 0 Å². The van der Waals surface area contributed by atoms with Crippen LogP contribution in [-0.2, 0) is 4.79 Å². The van der Waals surface area contributed by atoms with Crippen LogP contribution in [-0.4, -0.2) is 30.4 Å². The number of nitrogens with two attached hydrogens (primary N) is 1. The fourth-order valence-corrected chi connectivity index (χ4v) is 2.35. The van der Waals surface area contributed by atoms with Gasteiger partial charge in [-0.1, -0.05) is 6.92 Å². The molecular formula is C12H24N2O. The van der Waals surface area contributed by atoms with Gasteiger partial charge in [0.15, 0.2) is 0 Å². The van der Waals surface area contributed by atoms with E-state index in [4.69, 9.17) is 5.73 Å². The molecule has 1 aliphatic carbocycles. The summed E-state index contributed by atoms with van der Waals surface area (Å²) in [4.78, 5) is 14.0. The van der Waals surface area contributed by atoms with Crippen molar-refractivity contribution in [1.82, 2.24) is 4.90 Å². The molecule has 0 aromatic heterocycles. The van der Waals surface area contributed by atoms with Gasteiger partial charge in [-0.3, -0.25) is 4.79 Å². The predicted molar refractivity (Wildman–Crippen MR) is 62.4 cm³/mol. The first-order valence-corrected chi connectivity index (χ1v) is 6.17. The molecule has 0 bridgehead atoms. The Labute approximate surface area is 93.0 Å². The number of hydrogen-bond donors (Lipinski definition) is 1. The van der Waals surface area contributed by atoms with Gasteiger partial charge < -0.3 is 10.6 Å². The van der Waals surface area contributed by atoms with E-state index < -0.39 is 0 Å². The van der Waals surface area contributed by atoms with Gasteiger partial charge in [0.1, 0.15) is 0 Å². The monoisotopic (exact) mass is 212 g/mol. The molecule has 0 spiro atoms. The number of amides is 1. The van der Waals surface area contributed by atoms with E-state index in [1.54, 1.807) is 0 Å². The molecule has 3 nitrogen and oxygen atoms in total. The van der Waals surface area contributed by atoms with Crippen LogP contribution in [0.1, 0.15) is 39.5 Å². The zero-order valence-electron chi connectivity index (χ0n) is 10.0. The molecule has 88 valence electrons. The number of nitrogens with zero attached hydrogens (tertiary/aromatic N) is 1. The van der Waals surface area contributed by atoms with E-state index >= 15 is 0 Å². The highest BCUT2D eigenvalue weighted by molar-refractivity contribution is 5.78. The molecule has 3 heteroatoms. The summed E-state index contributed by atoms with van der Waals surface area (Å²) in [5.74, 6) is 1.40. The molecule has 0 heterocycles. The van der Waals surface area contributed by atoms with Gasteiger partial charge in [0, 0.05) is 25.6 Å². The second-order valence-corrected chi connectivity index (χ2v) is 4.66. The van der Waals surface area contributed by atoms with E-state index in [2.05, 4.69) is 6.92 Å². The highest BCUT2D eigenvalue weighted by Gasteiger charge is 2.26. The summed E-state index contributed by atoms with van der Waals surface area (Å²) >= 11 is 0. The van der Waals surface area contributed by atoms with Crippen LogP contribution < -0.4 is 5.73 Å². The molecule has 0 unspecified atom stereocenters. The molecule has 0 aliphatic heterocycles. The number of carbonyl (C=O) groups is 1. The number of likely N-dealkylation sites (N-methyl/N-ethyl adjacent to an activating group) is 1. The Kier molecular flexibility index (Phi) is 5.09. The quantitative estimate of drug-likeness (QED) is 0.769. The van der Waals surface area contributed by atoms with Crippen molar-refractivity contribution in [3.05, 3.63) is 0 Å². The van der Waals surface area contributed by atoms with Crippen molar-refractivity contribution in [2.75, 3.05) is 19.6 Å². The smallest absolute Gasteiger partial charge is 0.225 e. The summed E-state index contributed by atoms with van der Waals surface area (Å²) in [6, 6.07) is 0. The summed E-state index contributed by atoms with van der Waals surface area (Å²) in [6.07, 6.45) is 4.55. The maximum Gasteiger partial charge on any atom is 0.225 e. The Morgan fingerprint density at radius 2 is 1.93 bits per heavy atom. The molecular weight excluding hydrogens is 188 g/mol. The second-order valence-electron chi connectivity index (χ2n) is 4.66. The molecule has 1 fully saturated rings. The van der Waals surface area contributed by atoms with Crippen LogP contribution in [0.5, 0.6) is 0 Å². The molecule has 0 aromatic rings. The molecule has 1 amide bonds. The lowest BCUT2D eigenvalue weighted by atomic mass is 9.82. The lowest BCUT2D eigenvalue weighted by molar-refractivity contribution is -0.136. The zero-order valence-corrected chi connectivity index (χ0v) is 10.0. The van der Waals surface area contributed by atoms with E-state index in [0.717, 1.165) is 25.3 Å². The average Bonchev–Trinajstić information content (AvgIpc) is 2.26. The third kappa shape index (κ3) is 3.49. The summed E-state index contributed by atoms with van der Waals surface area (Å²) in [5.41, 5.74) is 5.50. The molecule has 0 saturated heterocycles. The lowest BCUT2D eigenvalue weighted by Gasteiger charge is -2.30. The maximum atomic E-state index is 12.1. The highest BCUT2D eigenvalue weighted by atomic mass is 16.2. The number of rotatable bonds is 4. The van der Waals surface area contributed by atoms with Crippen LogP contribution >= 0.6 is 0 Å².